The van der Waals surface area contributed by atoms with Gasteiger partial charge in [-0.25, -0.2) is 35.8 Å². The Labute approximate surface area is 597 Å². The largest absolute Gasteiger partial charge is 0.287 e. The summed E-state index contributed by atoms with van der Waals surface area (Å²) in [6.07, 6.45) is 15.7. The summed E-state index contributed by atoms with van der Waals surface area (Å²) < 4.78 is 65.4. The second kappa shape index (κ2) is 31.0. The smallest absolute Gasteiger partial charge is 0.232 e. The van der Waals surface area contributed by atoms with Crippen LogP contribution in [0.3, 0.4) is 0 Å². The summed E-state index contributed by atoms with van der Waals surface area (Å²) in [6.45, 7) is 36.1. The number of aromatic nitrogens is 8. The Morgan fingerprint density at radius 2 is 0.713 bits per heavy atom. The van der Waals surface area contributed by atoms with Crippen LogP contribution in [-0.2, 0) is 47.5 Å². The molecule has 8 aromatic carbocycles. The Morgan fingerprint density at radius 1 is 0.356 bits per heavy atom. The van der Waals surface area contributed by atoms with Gasteiger partial charge >= 0.3 is 0 Å². The molecule has 4 aromatic heterocycles. The fourth-order valence-corrected chi connectivity index (χ4v) is 15.1. The van der Waals surface area contributed by atoms with E-state index >= 15 is 0 Å². The average molecular weight is 1360 g/mol. The lowest BCUT2D eigenvalue weighted by atomic mass is 9.91. The maximum Gasteiger partial charge on any atom is 0.287 e. The van der Waals surface area contributed by atoms with Gasteiger partial charge in [-0.1, -0.05) is 90.8 Å². The van der Waals surface area contributed by atoms with Gasteiger partial charge in [0.15, 0.2) is 22.1 Å². The van der Waals surface area contributed by atoms with Crippen LogP contribution in [0, 0.1) is 124 Å². The Morgan fingerprint density at radius 3 is 1.15 bits per heavy atom. The topological polar surface area (TPSA) is 67.1 Å². The van der Waals surface area contributed by atoms with Crippen LogP contribution in [0.4, 0.5) is 17.6 Å². The van der Waals surface area contributed by atoms with Gasteiger partial charge in [-0.2, -0.15) is 0 Å². The van der Waals surface area contributed by atoms with Crippen molar-refractivity contribution in [3.63, 3.8) is 0 Å². The molecule has 8 nitrogen and oxygen atoms in total. The van der Waals surface area contributed by atoms with Crippen LogP contribution in [0.5, 0.6) is 0 Å². The molecule has 1 saturated carbocycles. The summed E-state index contributed by atoms with van der Waals surface area (Å²) in [6, 6.07) is 33.8. The Hall–Kier alpha value is -9.16. The number of rotatable bonds is 11. The molecule has 1 aliphatic carbocycles. The van der Waals surface area contributed by atoms with Crippen LogP contribution in [0.25, 0.3) is 88.6 Å². The molecule has 0 spiro atoms. The first kappa shape index (κ1) is 74.5. The van der Waals surface area contributed by atoms with Crippen molar-refractivity contribution >= 4 is 43.6 Å². The molecule has 12 heteroatoms. The van der Waals surface area contributed by atoms with Crippen LogP contribution in [-0.4, -0.2) is 19.9 Å². The van der Waals surface area contributed by atoms with Gasteiger partial charge in [0.25, 0.3) is 25.3 Å². The van der Waals surface area contributed by atoms with Gasteiger partial charge in [-0.15, -0.1) is 0 Å². The molecule has 0 bridgehead atoms. The van der Waals surface area contributed by atoms with Crippen LogP contribution < -0.4 is 18.3 Å². The number of hydrogen-bond acceptors (Lipinski definition) is 4. The zero-order chi connectivity index (χ0) is 73.3. The first-order chi connectivity index (χ1) is 47.9. The van der Waals surface area contributed by atoms with Gasteiger partial charge in [-0.3, -0.25) is 0 Å². The van der Waals surface area contributed by atoms with Gasteiger partial charge < -0.3 is 0 Å². The monoisotopic (exact) mass is 1360 g/mol. The van der Waals surface area contributed by atoms with Crippen molar-refractivity contribution in [2.75, 3.05) is 0 Å². The normalized spacial score (nSPS) is 12.4. The van der Waals surface area contributed by atoms with Crippen molar-refractivity contribution in [2.24, 2.45) is 45.9 Å². The van der Waals surface area contributed by atoms with E-state index in [1.54, 1.807) is 0 Å². The Kier molecular flexibility index (Phi) is 22.9. The van der Waals surface area contributed by atoms with Gasteiger partial charge in [0, 0.05) is 33.4 Å². The number of nitrogens with zero attached hydrogens (tertiary/aromatic N) is 8. The van der Waals surface area contributed by atoms with E-state index in [-0.39, 0.29) is 23.3 Å². The summed E-state index contributed by atoms with van der Waals surface area (Å²) in [5, 5.41) is 4.51. The number of benzene rings is 8. The van der Waals surface area contributed by atoms with Crippen molar-refractivity contribution in [3.8, 4) is 45.0 Å². The molecule has 524 valence electrons. The molecule has 0 aliphatic heterocycles. The molecule has 1 fully saturated rings. The third-order valence-corrected chi connectivity index (χ3v) is 20.9. The van der Waals surface area contributed by atoms with E-state index in [0.29, 0.717) is 45.9 Å². The molecular formula is C89H104F4N8+4. The number of aryl methyl sites for hydroxylation is 8. The van der Waals surface area contributed by atoms with E-state index in [0.717, 1.165) is 152 Å². The highest BCUT2D eigenvalue weighted by Crippen LogP contribution is 2.41. The molecule has 13 rings (SSSR count). The zero-order valence-corrected chi connectivity index (χ0v) is 63.9. The van der Waals surface area contributed by atoms with E-state index in [1.165, 1.54) is 47.9 Å². The molecule has 0 amide bonds. The quantitative estimate of drug-likeness (QED) is 0.0956. The maximum atomic E-state index is 14.4. The highest BCUT2D eigenvalue weighted by molar-refractivity contribution is 5.96. The van der Waals surface area contributed by atoms with Gasteiger partial charge in [0.2, 0.25) is 0 Å². The summed E-state index contributed by atoms with van der Waals surface area (Å²) in [7, 11) is 8.03. The second-order valence-corrected chi connectivity index (χ2v) is 30.1. The predicted octanol–water partition coefficient (Wildman–Crippen LogP) is 20.4. The summed E-state index contributed by atoms with van der Waals surface area (Å²) in [5.74, 6) is 1.97. The lowest BCUT2D eigenvalue weighted by Gasteiger charge is -2.15. The Balaban J connectivity index is 0.000000145. The maximum absolute atomic E-state index is 14.4. The zero-order valence-electron chi connectivity index (χ0n) is 63.9. The van der Waals surface area contributed by atoms with E-state index in [9.17, 15) is 17.6 Å². The average Bonchev–Trinajstić information content (AvgIpc) is 1.03. The number of fused-ring (bicyclic) bond motifs is 4. The van der Waals surface area contributed by atoms with E-state index in [2.05, 4.69) is 129 Å². The van der Waals surface area contributed by atoms with E-state index in [1.807, 2.05) is 175 Å². The van der Waals surface area contributed by atoms with Crippen molar-refractivity contribution < 1.29 is 35.8 Å². The fraction of sp³-hybridized carbons (Fsp3) is 0.371. The number of para-hydroxylation sites is 2. The minimum atomic E-state index is -0.110. The molecular weight excluding hydrogens is 1260 g/mol. The highest BCUT2D eigenvalue weighted by atomic mass is 19.1. The number of halogens is 4. The molecule has 0 saturated heterocycles. The fourth-order valence-electron chi connectivity index (χ4n) is 15.1. The minimum absolute atomic E-state index is 0.0982. The van der Waals surface area contributed by atoms with Gasteiger partial charge in [-0.05, 0) is 297 Å². The second-order valence-electron chi connectivity index (χ2n) is 30.1. The first-order valence-electron chi connectivity index (χ1n) is 36.0. The van der Waals surface area contributed by atoms with Gasteiger partial charge in [0.05, 0.1) is 49.7 Å². The molecule has 101 heavy (non-hydrogen) atoms. The predicted molar refractivity (Wildman–Crippen MR) is 407 cm³/mol. The van der Waals surface area contributed by atoms with E-state index < -0.39 is 0 Å². The molecule has 4 heterocycles. The summed E-state index contributed by atoms with van der Waals surface area (Å²) in [5.41, 5.74) is 27.7. The van der Waals surface area contributed by atoms with E-state index in [4.69, 9.17) is 9.97 Å². The molecule has 0 unspecified atom stereocenters. The lowest BCUT2D eigenvalue weighted by Crippen LogP contribution is -2.32. The van der Waals surface area contributed by atoms with Crippen molar-refractivity contribution in [2.45, 2.75) is 175 Å². The first-order valence-corrected chi connectivity index (χ1v) is 36.0. The standard InChI is InChI=1S/C23H26FN2.3C22H26FN2/c1-14-12-20(15(2)16(3)21(14)24)23-19-11-7-10-18(17-8-5-6-9-17)22(19)25-13-26(23)4;1-13(2)9-17-7-8-20-19(11-17)22(25(6)12-24-20)18-10-14(3)21(23)16(5)15(18)4;1-13(2)9-17-7-8-18-20(11-17)24-12-25(6)22(18)19-10-14(3)21(23)16(5)15(19)4;1-13(2)10-17-8-7-9-18-21(17)24-12-25(6)22(18)19-11-14(3)20(23)16(5)15(19)4/h7,10-13,17H,5-6,8-9H2,1-4H3;2*7-8,10-13H,9H2,1-6H3;7-9,11-13H,10H2,1-6H3/q4*+1. The molecule has 1 aliphatic rings. The minimum Gasteiger partial charge on any atom is -0.232 e. The van der Waals surface area contributed by atoms with Crippen molar-refractivity contribution in [1.82, 2.24) is 19.9 Å². The van der Waals surface area contributed by atoms with Crippen molar-refractivity contribution in [3.05, 3.63) is 235 Å². The van der Waals surface area contributed by atoms with Crippen molar-refractivity contribution in [1.29, 1.82) is 0 Å². The number of hydrogen-bond donors (Lipinski definition) is 0. The molecule has 0 N–H and O–H groups in total. The molecule has 12 aromatic rings. The van der Waals surface area contributed by atoms with Crippen LogP contribution >= 0.6 is 0 Å². The van der Waals surface area contributed by atoms with Crippen LogP contribution in [0.2, 0.25) is 0 Å². The van der Waals surface area contributed by atoms with Gasteiger partial charge in [0.1, 0.15) is 46.0 Å². The SMILES string of the molecule is Cc1cc(-c2c3cc(CC(C)C)ccc3nc[n+]2C)c(C)c(C)c1F.Cc1cc(-c2c3ccc(CC(C)C)cc3nc[n+]2C)c(C)c(C)c1F.Cc1cc(-c2c3cccc(C4CCCC4)c3nc[n+]2C)c(C)c(C)c1F.Cc1cc(-c2c3cccc(CC(C)C)c3nc[n+]2C)c(C)c(C)c1F. The molecule has 0 atom stereocenters. The van der Waals surface area contributed by atoms with Crippen LogP contribution in [0.15, 0.2) is 122 Å². The lowest BCUT2D eigenvalue weighted by molar-refractivity contribution is -0.662. The highest BCUT2D eigenvalue weighted by Gasteiger charge is 2.28. The summed E-state index contributed by atoms with van der Waals surface area (Å²) >= 11 is 0. The van der Waals surface area contributed by atoms with Crippen LogP contribution in [0.1, 0.15) is 162 Å². The summed E-state index contributed by atoms with van der Waals surface area (Å²) in [4.78, 5) is 18.7. The Bertz CT molecular complexity index is 5080. The third-order valence-electron chi connectivity index (χ3n) is 20.9. The third kappa shape index (κ3) is 15.4. The molecule has 0 radical (unpaired) electrons.